The Hall–Kier alpha value is -1.36. The van der Waals surface area contributed by atoms with Crippen molar-refractivity contribution in [1.82, 2.24) is 9.80 Å². The zero-order chi connectivity index (χ0) is 13.8. The van der Waals surface area contributed by atoms with Gasteiger partial charge in [0, 0.05) is 19.6 Å². The van der Waals surface area contributed by atoms with Gasteiger partial charge in [0.2, 0.25) is 5.91 Å². The van der Waals surface area contributed by atoms with Crippen LogP contribution in [0.15, 0.2) is 12.2 Å². The van der Waals surface area contributed by atoms with Crippen LogP contribution in [0.3, 0.4) is 0 Å². The Labute approximate surface area is 113 Å². The molecule has 2 unspecified atom stereocenters. The van der Waals surface area contributed by atoms with Crippen LogP contribution in [-0.2, 0) is 9.59 Å². The molecule has 1 heterocycles. The lowest BCUT2D eigenvalue weighted by Crippen LogP contribution is -2.43. The highest BCUT2D eigenvalue weighted by Crippen LogP contribution is 2.28. The van der Waals surface area contributed by atoms with E-state index in [0.29, 0.717) is 19.4 Å². The topological polar surface area (TPSA) is 60.9 Å². The molecule has 2 aliphatic rings. The number of carboxylic acids is 1. The predicted octanol–water partition coefficient (Wildman–Crippen LogP) is 0.818. The van der Waals surface area contributed by atoms with Crippen molar-refractivity contribution in [3.05, 3.63) is 12.2 Å². The number of amides is 1. The monoisotopic (exact) mass is 266 g/mol. The summed E-state index contributed by atoms with van der Waals surface area (Å²) in [6, 6.07) is 0. The third-order valence-corrected chi connectivity index (χ3v) is 4.10. The number of allylic oxidation sites excluding steroid dienone is 2. The first kappa shape index (κ1) is 14.1. The molecule has 2 atom stereocenters. The number of carbonyl (C=O) groups excluding carboxylic acids is 1. The Morgan fingerprint density at radius 1 is 1.05 bits per heavy atom. The lowest BCUT2D eigenvalue weighted by Gasteiger charge is -2.30. The zero-order valence-corrected chi connectivity index (χ0v) is 11.4. The van der Waals surface area contributed by atoms with Gasteiger partial charge in [-0.1, -0.05) is 12.2 Å². The third-order valence-electron chi connectivity index (χ3n) is 4.10. The lowest BCUT2D eigenvalue weighted by molar-refractivity contribution is -0.150. The van der Waals surface area contributed by atoms with Gasteiger partial charge in [-0.3, -0.25) is 9.59 Å². The molecule has 0 spiro atoms. The minimum atomic E-state index is -0.852. The number of carboxylic acid groups (broad SMARTS) is 1. The maximum absolute atomic E-state index is 12.5. The lowest BCUT2D eigenvalue weighted by atomic mass is 9.82. The fraction of sp³-hybridized carbons (Fsp3) is 0.714. The van der Waals surface area contributed by atoms with E-state index >= 15 is 0 Å². The van der Waals surface area contributed by atoms with Crippen molar-refractivity contribution in [2.24, 2.45) is 11.8 Å². The predicted molar refractivity (Wildman–Crippen MR) is 71.7 cm³/mol. The normalized spacial score (nSPS) is 29.0. The zero-order valence-electron chi connectivity index (χ0n) is 11.4. The van der Waals surface area contributed by atoms with Crippen molar-refractivity contribution < 1.29 is 14.7 Å². The maximum Gasteiger partial charge on any atom is 0.307 e. The SMILES string of the molecule is CN1CCCN(C(=O)C2CC=CCC2C(=O)O)CC1. The second-order valence-corrected chi connectivity index (χ2v) is 5.48. The van der Waals surface area contributed by atoms with Crippen molar-refractivity contribution >= 4 is 11.9 Å². The summed E-state index contributed by atoms with van der Waals surface area (Å²) in [5.74, 6) is -1.77. The Bertz CT molecular complexity index is 381. The van der Waals surface area contributed by atoms with E-state index in [-0.39, 0.29) is 11.8 Å². The van der Waals surface area contributed by atoms with Gasteiger partial charge in [0.1, 0.15) is 0 Å². The van der Waals surface area contributed by atoms with Crippen LogP contribution in [-0.4, -0.2) is 60.0 Å². The Morgan fingerprint density at radius 3 is 2.42 bits per heavy atom. The molecule has 0 aromatic carbocycles. The molecule has 0 aromatic heterocycles. The molecule has 19 heavy (non-hydrogen) atoms. The van der Waals surface area contributed by atoms with Crippen LogP contribution in [0.25, 0.3) is 0 Å². The minimum absolute atomic E-state index is 0.0204. The average molecular weight is 266 g/mol. The Kier molecular flexibility index (Phi) is 4.58. The van der Waals surface area contributed by atoms with Crippen LogP contribution >= 0.6 is 0 Å². The quantitative estimate of drug-likeness (QED) is 0.752. The highest BCUT2D eigenvalue weighted by atomic mass is 16.4. The van der Waals surface area contributed by atoms with E-state index < -0.39 is 11.9 Å². The second-order valence-electron chi connectivity index (χ2n) is 5.48. The Balaban J connectivity index is 2.04. The van der Waals surface area contributed by atoms with E-state index in [1.54, 1.807) is 0 Å². The largest absolute Gasteiger partial charge is 0.481 e. The fourth-order valence-electron chi connectivity index (χ4n) is 2.86. The van der Waals surface area contributed by atoms with Gasteiger partial charge in [-0.15, -0.1) is 0 Å². The number of likely N-dealkylation sites (N-methyl/N-ethyl adjacent to an activating group) is 1. The fourth-order valence-corrected chi connectivity index (χ4v) is 2.86. The van der Waals surface area contributed by atoms with Crippen LogP contribution < -0.4 is 0 Å². The van der Waals surface area contributed by atoms with Gasteiger partial charge in [-0.05, 0) is 32.9 Å². The number of carbonyl (C=O) groups is 2. The molecule has 2 rings (SSSR count). The third kappa shape index (κ3) is 3.35. The van der Waals surface area contributed by atoms with E-state index in [1.165, 1.54) is 0 Å². The molecule has 1 fully saturated rings. The number of hydrogen-bond donors (Lipinski definition) is 1. The van der Waals surface area contributed by atoms with Crippen LogP contribution in [0.1, 0.15) is 19.3 Å². The molecule has 5 nitrogen and oxygen atoms in total. The summed E-state index contributed by atoms with van der Waals surface area (Å²) < 4.78 is 0. The van der Waals surface area contributed by atoms with E-state index in [1.807, 2.05) is 17.1 Å². The van der Waals surface area contributed by atoms with Gasteiger partial charge >= 0.3 is 5.97 Å². The van der Waals surface area contributed by atoms with Crippen molar-refractivity contribution in [2.75, 3.05) is 33.2 Å². The molecule has 0 bridgehead atoms. The van der Waals surface area contributed by atoms with Crippen molar-refractivity contribution in [1.29, 1.82) is 0 Å². The molecular weight excluding hydrogens is 244 g/mol. The summed E-state index contributed by atoms with van der Waals surface area (Å²) in [7, 11) is 2.05. The molecular formula is C14H22N2O3. The van der Waals surface area contributed by atoms with E-state index in [0.717, 1.165) is 26.1 Å². The molecule has 1 amide bonds. The number of nitrogens with zero attached hydrogens (tertiary/aromatic N) is 2. The van der Waals surface area contributed by atoms with Gasteiger partial charge in [0.25, 0.3) is 0 Å². The van der Waals surface area contributed by atoms with Gasteiger partial charge in [-0.2, -0.15) is 0 Å². The second kappa shape index (κ2) is 6.19. The molecule has 1 N–H and O–H groups in total. The maximum atomic E-state index is 12.5. The van der Waals surface area contributed by atoms with E-state index in [2.05, 4.69) is 11.9 Å². The molecule has 5 heteroatoms. The van der Waals surface area contributed by atoms with Crippen LogP contribution in [0.5, 0.6) is 0 Å². The van der Waals surface area contributed by atoms with Gasteiger partial charge in [0.15, 0.2) is 0 Å². The van der Waals surface area contributed by atoms with Crippen molar-refractivity contribution in [3.63, 3.8) is 0 Å². The number of hydrogen-bond acceptors (Lipinski definition) is 3. The van der Waals surface area contributed by atoms with Crippen LogP contribution in [0.2, 0.25) is 0 Å². The summed E-state index contributed by atoms with van der Waals surface area (Å²) in [6.45, 7) is 3.32. The average Bonchev–Trinajstić information content (AvgIpc) is 2.62. The van der Waals surface area contributed by atoms with E-state index in [4.69, 9.17) is 0 Å². The minimum Gasteiger partial charge on any atom is -0.481 e. The van der Waals surface area contributed by atoms with Crippen molar-refractivity contribution in [2.45, 2.75) is 19.3 Å². The van der Waals surface area contributed by atoms with Crippen molar-refractivity contribution in [3.8, 4) is 0 Å². The van der Waals surface area contributed by atoms with Crippen LogP contribution in [0.4, 0.5) is 0 Å². The van der Waals surface area contributed by atoms with Gasteiger partial charge in [0.05, 0.1) is 11.8 Å². The number of rotatable bonds is 2. The Morgan fingerprint density at radius 2 is 1.74 bits per heavy atom. The summed E-state index contributed by atoms with van der Waals surface area (Å²) in [5, 5.41) is 9.24. The standard InChI is InChI=1S/C14H22N2O3/c1-15-7-4-8-16(10-9-15)13(17)11-5-2-3-6-12(11)14(18)19/h2-3,11-12H,4-10H2,1H3,(H,18,19). The summed E-state index contributed by atoms with van der Waals surface area (Å²) in [6.07, 6.45) is 5.80. The highest BCUT2D eigenvalue weighted by molar-refractivity contribution is 5.85. The molecule has 1 aliphatic heterocycles. The smallest absolute Gasteiger partial charge is 0.307 e. The first-order valence-electron chi connectivity index (χ1n) is 6.94. The van der Waals surface area contributed by atoms with E-state index in [9.17, 15) is 14.7 Å². The molecule has 1 aliphatic carbocycles. The molecule has 106 valence electrons. The number of aliphatic carboxylic acids is 1. The molecule has 0 saturated carbocycles. The summed E-state index contributed by atoms with van der Waals surface area (Å²) in [4.78, 5) is 27.9. The highest BCUT2D eigenvalue weighted by Gasteiger charge is 2.36. The summed E-state index contributed by atoms with van der Waals surface area (Å²) in [5.41, 5.74) is 0. The molecule has 1 saturated heterocycles. The molecule has 0 aromatic rings. The first-order chi connectivity index (χ1) is 9.09. The summed E-state index contributed by atoms with van der Waals surface area (Å²) >= 11 is 0. The first-order valence-corrected chi connectivity index (χ1v) is 6.94. The van der Waals surface area contributed by atoms with Crippen LogP contribution in [0, 0.1) is 11.8 Å². The van der Waals surface area contributed by atoms with Gasteiger partial charge < -0.3 is 14.9 Å². The van der Waals surface area contributed by atoms with Gasteiger partial charge in [-0.25, -0.2) is 0 Å². The molecule has 0 radical (unpaired) electrons.